The topological polar surface area (TPSA) is 9.23 Å². The molecule has 1 heteroatoms. The fourth-order valence-corrected chi connectivity index (χ4v) is 4.65. The van der Waals surface area contributed by atoms with Crippen molar-refractivity contribution in [1.29, 1.82) is 0 Å². The van der Waals surface area contributed by atoms with Gasteiger partial charge in [-0.1, -0.05) is 74.4 Å². The lowest BCUT2D eigenvalue weighted by Crippen LogP contribution is -2.13. The number of allylic oxidation sites excluding steroid dienone is 1. The third-order valence-corrected chi connectivity index (χ3v) is 6.46. The lowest BCUT2D eigenvalue weighted by atomic mass is 9.79. The molecule has 0 saturated heterocycles. The van der Waals surface area contributed by atoms with Crippen molar-refractivity contribution in [2.45, 2.75) is 64.7 Å². The molecule has 1 atom stereocenters. The normalized spacial score (nSPS) is 16.1. The molecular weight excluding hydrogens is 364 g/mol. The zero-order chi connectivity index (χ0) is 20.8. The molecule has 0 bridgehead atoms. The maximum atomic E-state index is 5.83. The van der Waals surface area contributed by atoms with Crippen LogP contribution in [-0.4, -0.2) is 6.61 Å². The van der Waals surface area contributed by atoms with Crippen molar-refractivity contribution >= 4 is 10.8 Å². The Morgan fingerprint density at radius 2 is 1.80 bits per heavy atom. The summed E-state index contributed by atoms with van der Waals surface area (Å²) < 4.78 is 5.83. The van der Waals surface area contributed by atoms with Crippen molar-refractivity contribution in [2.75, 3.05) is 6.61 Å². The van der Waals surface area contributed by atoms with Crippen LogP contribution in [0.15, 0.2) is 66.7 Å². The summed E-state index contributed by atoms with van der Waals surface area (Å²) in [6.45, 7) is 4.94. The molecule has 1 nitrogen and oxygen atoms in total. The van der Waals surface area contributed by atoms with Gasteiger partial charge in [0.05, 0.1) is 0 Å². The quantitative estimate of drug-likeness (QED) is 0.278. The summed E-state index contributed by atoms with van der Waals surface area (Å²) in [5.41, 5.74) is 5.90. The first-order valence-electron chi connectivity index (χ1n) is 11.6. The van der Waals surface area contributed by atoms with E-state index in [9.17, 15) is 0 Å². The highest BCUT2D eigenvalue weighted by atomic mass is 16.5. The predicted molar refractivity (Wildman–Crippen MR) is 129 cm³/mol. The first kappa shape index (κ1) is 20.7. The minimum absolute atomic E-state index is 0.612. The number of benzene rings is 3. The fraction of sp³-hybridized carbons (Fsp3) is 0.379. The van der Waals surface area contributed by atoms with E-state index in [-0.39, 0.29) is 0 Å². The summed E-state index contributed by atoms with van der Waals surface area (Å²) in [6.07, 6.45) is 12.7. The van der Waals surface area contributed by atoms with Gasteiger partial charge in [-0.25, -0.2) is 0 Å². The van der Waals surface area contributed by atoms with Gasteiger partial charge in [-0.05, 0) is 90.1 Å². The van der Waals surface area contributed by atoms with Gasteiger partial charge in [0, 0.05) is 0 Å². The zero-order valence-electron chi connectivity index (χ0n) is 18.5. The molecule has 1 aliphatic rings. The first-order valence-corrected chi connectivity index (χ1v) is 11.6. The maximum absolute atomic E-state index is 5.83. The van der Waals surface area contributed by atoms with E-state index in [0.717, 1.165) is 18.6 Å². The number of hydrogen-bond donors (Lipinski definition) is 0. The van der Waals surface area contributed by atoms with Crippen LogP contribution < -0.4 is 4.74 Å². The molecule has 0 aliphatic heterocycles. The van der Waals surface area contributed by atoms with Gasteiger partial charge in [0.2, 0.25) is 0 Å². The molecule has 0 radical (unpaired) electrons. The molecule has 1 aliphatic carbocycles. The van der Waals surface area contributed by atoms with Gasteiger partial charge in [-0.2, -0.15) is 0 Å². The van der Waals surface area contributed by atoms with Crippen LogP contribution >= 0.6 is 0 Å². The Balaban J connectivity index is 1.46. The average molecular weight is 399 g/mol. The van der Waals surface area contributed by atoms with Crippen LogP contribution in [0.5, 0.6) is 5.75 Å². The molecule has 0 aromatic heterocycles. The highest BCUT2D eigenvalue weighted by Crippen LogP contribution is 2.35. The fourth-order valence-electron chi connectivity index (χ4n) is 4.65. The van der Waals surface area contributed by atoms with E-state index >= 15 is 0 Å². The van der Waals surface area contributed by atoms with E-state index in [2.05, 4.69) is 61.5 Å². The molecule has 156 valence electrons. The van der Waals surface area contributed by atoms with Gasteiger partial charge in [-0.15, -0.1) is 0 Å². The third kappa shape index (κ3) is 4.95. The second-order valence-electron chi connectivity index (χ2n) is 8.65. The van der Waals surface area contributed by atoms with Crippen molar-refractivity contribution in [2.24, 2.45) is 0 Å². The Kier molecular flexibility index (Phi) is 6.89. The molecule has 0 fully saturated rings. The van der Waals surface area contributed by atoms with Crippen LogP contribution in [0, 0.1) is 0 Å². The van der Waals surface area contributed by atoms with Crippen LogP contribution in [0.2, 0.25) is 0 Å². The summed E-state index contributed by atoms with van der Waals surface area (Å²) in [4.78, 5) is 0. The smallest absolute Gasteiger partial charge is 0.120 e. The summed E-state index contributed by atoms with van der Waals surface area (Å²) in [6, 6.07) is 20.8. The lowest BCUT2D eigenvalue weighted by Gasteiger charge is -2.26. The summed E-state index contributed by atoms with van der Waals surface area (Å²) in [7, 11) is 0. The van der Waals surface area contributed by atoms with Crippen molar-refractivity contribution in [1.82, 2.24) is 0 Å². The largest absolute Gasteiger partial charge is 0.490 e. The van der Waals surface area contributed by atoms with Gasteiger partial charge in [-0.3, -0.25) is 0 Å². The molecule has 4 rings (SSSR count). The van der Waals surface area contributed by atoms with Gasteiger partial charge < -0.3 is 4.74 Å². The van der Waals surface area contributed by atoms with Gasteiger partial charge in [0.1, 0.15) is 12.4 Å². The van der Waals surface area contributed by atoms with Crippen LogP contribution in [0.25, 0.3) is 10.8 Å². The van der Waals surface area contributed by atoms with Crippen molar-refractivity contribution < 1.29 is 4.74 Å². The van der Waals surface area contributed by atoms with E-state index in [1.165, 1.54) is 65.1 Å². The minimum atomic E-state index is 0.612. The van der Waals surface area contributed by atoms with E-state index in [1.54, 1.807) is 0 Å². The molecule has 0 N–H and O–H groups in total. The van der Waals surface area contributed by atoms with E-state index < -0.39 is 0 Å². The zero-order valence-corrected chi connectivity index (χ0v) is 18.5. The van der Waals surface area contributed by atoms with Crippen molar-refractivity contribution in [3.05, 3.63) is 89.0 Å². The Hall–Kier alpha value is -2.54. The Bertz CT molecular complexity index is 1010. The van der Waals surface area contributed by atoms with Crippen LogP contribution in [0.1, 0.15) is 67.7 Å². The molecule has 0 saturated carbocycles. The molecule has 3 aromatic rings. The highest BCUT2D eigenvalue weighted by Gasteiger charge is 2.21. The Morgan fingerprint density at radius 1 is 0.933 bits per heavy atom. The van der Waals surface area contributed by atoms with E-state index in [0.29, 0.717) is 12.5 Å². The lowest BCUT2D eigenvalue weighted by molar-refractivity contribution is 0.361. The number of unbranched alkanes of at least 4 members (excludes halogenated alkanes) is 2. The minimum Gasteiger partial charge on any atom is -0.490 e. The molecule has 0 spiro atoms. The first-order chi connectivity index (χ1) is 14.8. The van der Waals surface area contributed by atoms with Gasteiger partial charge in [0.25, 0.3) is 0 Å². The van der Waals surface area contributed by atoms with Crippen molar-refractivity contribution in [3.63, 3.8) is 0 Å². The number of hydrogen-bond acceptors (Lipinski definition) is 1. The molecule has 30 heavy (non-hydrogen) atoms. The molecular formula is C29H34O. The van der Waals surface area contributed by atoms with Crippen LogP contribution in [-0.2, 0) is 19.3 Å². The molecule has 3 aromatic carbocycles. The molecule has 0 amide bonds. The van der Waals surface area contributed by atoms with Gasteiger partial charge >= 0.3 is 0 Å². The molecule has 0 heterocycles. The summed E-state index contributed by atoms with van der Waals surface area (Å²) in [5, 5.41) is 2.76. The summed E-state index contributed by atoms with van der Waals surface area (Å²) in [5.74, 6) is 1.60. The standard InChI is InChI=1S/C29H34O/c1-3-5-7-8-22-9-10-24-19-25(12-11-23(24)18-22)26-13-14-28-21-29(30-17-6-4-2)16-15-27(28)20-26/h4,6,9-12,15-16,18-19,21,26H,3,5,7-8,13-14,17,20H2,1-2H3. The predicted octanol–water partition coefficient (Wildman–Crippen LogP) is 7.80. The second-order valence-corrected chi connectivity index (χ2v) is 8.65. The number of aryl methyl sites for hydroxylation is 2. The SMILES string of the molecule is CC=CCOc1ccc2c(c1)CCC(c1ccc3cc(CCCCC)ccc3c1)C2. The highest BCUT2D eigenvalue weighted by molar-refractivity contribution is 5.84. The van der Waals surface area contributed by atoms with E-state index in [4.69, 9.17) is 4.74 Å². The van der Waals surface area contributed by atoms with Crippen molar-refractivity contribution in [3.8, 4) is 5.75 Å². The molecule has 1 unspecified atom stereocenters. The maximum Gasteiger partial charge on any atom is 0.120 e. The second kappa shape index (κ2) is 9.98. The van der Waals surface area contributed by atoms with Gasteiger partial charge in [0.15, 0.2) is 0 Å². The Labute approximate surface area is 181 Å². The van der Waals surface area contributed by atoms with Crippen LogP contribution in [0.4, 0.5) is 0 Å². The third-order valence-electron chi connectivity index (χ3n) is 6.46. The number of fused-ring (bicyclic) bond motifs is 2. The monoisotopic (exact) mass is 398 g/mol. The average Bonchev–Trinajstić information content (AvgIpc) is 2.78. The van der Waals surface area contributed by atoms with Crippen LogP contribution in [0.3, 0.4) is 0 Å². The number of ether oxygens (including phenoxy) is 1. The number of rotatable bonds is 8. The summed E-state index contributed by atoms with van der Waals surface area (Å²) >= 11 is 0. The van der Waals surface area contributed by atoms with E-state index in [1.807, 2.05) is 19.1 Å². The Morgan fingerprint density at radius 3 is 2.67 bits per heavy atom.